The maximum Gasteiger partial charge on any atom is 0.307 e. The summed E-state index contributed by atoms with van der Waals surface area (Å²) < 4.78 is 6.37. The third kappa shape index (κ3) is 4.42. The van der Waals surface area contributed by atoms with Crippen molar-refractivity contribution in [2.24, 2.45) is 0 Å². The Balaban J connectivity index is 2.14. The molecule has 0 aliphatic rings. The molecule has 0 fully saturated rings. The smallest absolute Gasteiger partial charge is 0.307 e. The fraction of sp³-hybridized carbons (Fsp3) is 0.263. The molecule has 0 N–H and O–H groups in total. The van der Waals surface area contributed by atoms with Gasteiger partial charge in [0.2, 0.25) is 0 Å². The van der Waals surface area contributed by atoms with Gasteiger partial charge < -0.3 is 4.74 Å². The van der Waals surface area contributed by atoms with Gasteiger partial charge in [0.15, 0.2) is 5.78 Å². The quantitative estimate of drug-likeness (QED) is 0.460. The van der Waals surface area contributed by atoms with Crippen molar-refractivity contribution in [3.63, 3.8) is 0 Å². The van der Waals surface area contributed by atoms with Gasteiger partial charge in [-0.25, -0.2) is 0 Å². The van der Waals surface area contributed by atoms with E-state index in [0.29, 0.717) is 17.7 Å². The van der Waals surface area contributed by atoms with Gasteiger partial charge in [-0.2, -0.15) is 10.4 Å². The maximum atomic E-state index is 12.2. The zero-order valence-electron chi connectivity index (χ0n) is 14.4. The van der Waals surface area contributed by atoms with Crippen LogP contribution in [0.5, 0.6) is 0 Å². The van der Waals surface area contributed by atoms with E-state index < -0.39 is 0 Å². The molecule has 0 aliphatic carbocycles. The Morgan fingerprint density at radius 2 is 1.96 bits per heavy atom. The number of esters is 1. The Hall–Kier alpha value is -3.20. The van der Waals surface area contributed by atoms with Crippen LogP contribution in [-0.4, -0.2) is 28.6 Å². The SMILES string of the molecule is COC(=O)CCn1nc(C)c(/C=C/C(=O)c2ccc(C#N)cc2)c1C. The normalized spacial score (nSPS) is 10.6. The van der Waals surface area contributed by atoms with Gasteiger partial charge in [0.25, 0.3) is 0 Å². The van der Waals surface area contributed by atoms with E-state index in [1.807, 2.05) is 19.9 Å². The second kappa shape index (κ2) is 8.06. The summed E-state index contributed by atoms with van der Waals surface area (Å²) in [4.78, 5) is 23.5. The number of ether oxygens (including phenoxy) is 1. The number of aryl methyl sites for hydroxylation is 2. The Morgan fingerprint density at radius 3 is 2.56 bits per heavy atom. The molecular weight excluding hydrogens is 318 g/mol. The lowest BCUT2D eigenvalue weighted by atomic mass is 10.1. The minimum Gasteiger partial charge on any atom is -0.469 e. The second-order valence-corrected chi connectivity index (χ2v) is 5.52. The number of rotatable bonds is 6. The van der Waals surface area contributed by atoms with Crippen molar-refractivity contribution < 1.29 is 14.3 Å². The number of carbonyl (C=O) groups is 2. The van der Waals surface area contributed by atoms with E-state index in [9.17, 15) is 9.59 Å². The molecule has 1 heterocycles. The van der Waals surface area contributed by atoms with Gasteiger partial charge in [0, 0.05) is 16.8 Å². The number of hydrogen-bond acceptors (Lipinski definition) is 5. The second-order valence-electron chi connectivity index (χ2n) is 5.52. The molecule has 6 nitrogen and oxygen atoms in total. The number of hydrogen-bond donors (Lipinski definition) is 0. The first-order valence-corrected chi connectivity index (χ1v) is 7.79. The Kier molecular flexibility index (Phi) is 5.85. The third-order valence-corrected chi connectivity index (χ3v) is 3.89. The summed E-state index contributed by atoms with van der Waals surface area (Å²) in [6.07, 6.45) is 3.46. The van der Waals surface area contributed by atoms with Crippen LogP contribution in [0.25, 0.3) is 6.08 Å². The van der Waals surface area contributed by atoms with Crippen LogP contribution in [0.2, 0.25) is 0 Å². The molecule has 0 spiro atoms. The van der Waals surface area contributed by atoms with Crippen LogP contribution in [0.1, 0.15) is 39.3 Å². The molecule has 128 valence electrons. The molecule has 1 aromatic heterocycles. The number of aromatic nitrogens is 2. The lowest BCUT2D eigenvalue weighted by Crippen LogP contribution is -2.09. The number of allylic oxidation sites excluding steroid dienone is 1. The Bertz CT molecular complexity index is 855. The molecule has 0 radical (unpaired) electrons. The molecule has 0 bridgehead atoms. The molecule has 2 rings (SSSR count). The van der Waals surface area contributed by atoms with Crippen LogP contribution < -0.4 is 0 Å². The standard InChI is InChI=1S/C19H19N3O3/c1-13-17(14(2)22(21-13)11-10-19(24)25-3)8-9-18(23)16-6-4-15(12-20)5-7-16/h4-9H,10-11H2,1-3H3/b9-8+. The lowest BCUT2D eigenvalue weighted by molar-refractivity contribution is -0.140. The highest BCUT2D eigenvalue weighted by molar-refractivity contribution is 6.06. The summed E-state index contributed by atoms with van der Waals surface area (Å²) in [5.74, 6) is -0.439. The van der Waals surface area contributed by atoms with Crippen LogP contribution >= 0.6 is 0 Å². The molecule has 0 saturated carbocycles. The predicted molar refractivity (Wildman–Crippen MR) is 92.9 cm³/mol. The number of methoxy groups -OCH3 is 1. The average Bonchev–Trinajstić information content (AvgIpc) is 2.90. The third-order valence-electron chi connectivity index (χ3n) is 3.89. The van der Waals surface area contributed by atoms with Crippen molar-refractivity contribution in [1.82, 2.24) is 9.78 Å². The van der Waals surface area contributed by atoms with Gasteiger partial charge in [0.1, 0.15) is 0 Å². The summed E-state index contributed by atoms with van der Waals surface area (Å²) >= 11 is 0. The summed E-state index contributed by atoms with van der Waals surface area (Å²) in [5.41, 5.74) is 3.55. The van der Waals surface area contributed by atoms with E-state index in [2.05, 4.69) is 9.84 Å². The lowest BCUT2D eigenvalue weighted by Gasteiger charge is -2.03. The minimum absolute atomic E-state index is 0.148. The van der Waals surface area contributed by atoms with E-state index in [-0.39, 0.29) is 18.2 Å². The molecule has 2 aromatic rings. The monoisotopic (exact) mass is 337 g/mol. The van der Waals surface area contributed by atoms with Crippen LogP contribution in [0.4, 0.5) is 0 Å². The highest BCUT2D eigenvalue weighted by atomic mass is 16.5. The fourth-order valence-electron chi connectivity index (χ4n) is 2.43. The van der Waals surface area contributed by atoms with Gasteiger partial charge in [-0.1, -0.05) is 0 Å². The zero-order chi connectivity index (χ0) is 18.4. The van der Waals surface area contributed by atoms with Crippen molar-refractivity contribution in [2.75, 3.05) is 7.11 Å². The van der Waals surface area contributed by atoms with E-state index in [1.54, 1.807) is 35.0 Å². The molecular formula is C19H19N3O3. The van der Waals surface area contributed by atoms with Crippen LogP contribution in [0.15, 0.2) is 30.3 Å². The van der Waals surface area contributed by atoms with Crippen LogP contribution in [-0.2, 0) is 16.1 Å². The summed E-state index contributed by atoms with van der Waals surface area (Å²) in [5, 5.41) is 13.2. The number of benzene rings is 1. The van der Waals surface area contributed by atoms with Gasteiger partial charge in [-0.05, 0) is 50.3 Å². The van der Waals surface area contributed by atoms with E-state index in [4.69, 9.17) is 5.26 Å². The maximum absolute atomic E-state index is 12.2. The van der Waals surface area contributed by atoms with Crippen LogP contribution in [0.3, 0.4) is 0 Å². The van der Waals surface area contributed by atoms with Crippen molar-refractivity contribution in [1.29, 1.82) is 5.26 Å². The molecule has 1 aromatic carbocycles. The molecule has 6 heteroatoms. The largest absolute Gasteiger partial charge is 0.469 e. The zero-order valence-corrected chi connectivity index (χ0v) is 14.4. The first-order chi connectivity index (χ1) is 12.0. The Labute approximate surface area is 146 Å². The highest BCUT2D eigenvalue weighted by Crippen LogP contribution is 2.16. The summed E-state index contributed by atoms with van der Waals surface area (Å²) in [7, 11) is 1.35. The molecule has 0 saturated heterocycles. The van der Waals surface area contributed by atoms with Gasteiger partial charge in [-0.15, -0.1) is 0 Å². The van der Waals surface area contributed by atoms with Crippen molar-refractivity contribution >= 4 is 17.8 Å². The van der Waals surface area contributed by atoms with E-state index >= 15 is 0 Å². The van der Waals surface area contributed by atoms with Crippen molar-refractivity contribution in [2.45, 2.75) is 26.8 Å². The first kappa shape index (κ1) is 18.1. The van der Waals surface area contributed by atoms with E-state index in [1.165, 1.54) is 13.2 Å². The summed E-state index contributed by atoms with van der Waals surface area (Å²) in [6, 6.07) is 8.51. The van der Waals surface area contributed by atoms with Crippen molar-refractivity contribution in [3.8, 4) is 6.07 Å². The fourth-order valence-corrected chi connectivity index (χ4v) is 2.43. The minimum atomic E-state index is -0.291. The van der Waals surface area contributed by atoms with Crippen LogP contribution in [0, 0.1) is 25.2 Å². The topological polar surface area (TPSA) is 85.0 Å². The first-order valence-electron chi connectivity index (χ1n) is 7.79. The molecule has 0 aliphatic heterocycles. The number of nitriles is 1. The summed E-state index contributed by atoms with van der Waals surface area (Å²) in [6.45, 7) is 4.17. The Morgan fingerprint density at radius 1 is 1.28 bits per heavy atom. The molecule has 25 heavy (non-hydrogen) atoms. The van der Waals surface area contributed by atoms with Gasteiger partial charge in [0.05, 0.1) is 37.4 Å². The molecule has 0 atom stereocenters. The molecule has 0 amide bonds. The van der Waals surface area contributed by atoms with Crippen molar-refractivity contribution in [3.05, 3.63) is 58.4 Å². The average molecular weight is 337 g/mol. The number of nitrogens with zero attached hydrogens (tertiary/aromatic N) is 3. The number of carbonyl (C=O) groups excluding carboxylic acids is 2. The van der Waals surface area contributed by atoms with Gasteiger partial charge >= 0.3 is 5.97 Å². The predicted octanol–water partition coefficient (Wildman–Crippen LogP) is 2.83. The van der Waals surface area contributed by atoms with Gasteiger partial charge in [-0.3, -0.25) is 14.3 Å². The number of ketones is 1. The highest BCUT2D eigenvalue weighted by Gasteiger charge is 2.11. The van der Waals surface area contributed by atoms with E-state index in [0.717, 1.165) is 17.0 Å². The molecule has 0 unspecified atom stereocenters.